The molecule has 0 spiro atoms. The van der Waals surface area contributed by atoms with Gasteiger partial charge in [-0.2, -0.15) is 0 Å². The minimum absolute atomic E-state index is 0.0608. The van der Waals surface area contributed by atoms with E-state index in [2.05, 4.69) is 43.0 Å². The lowest BCUT2D eigenvalue weighted by Crippen LogP contribution is -2.39. The third-order valence-corrected chi connectivity index (χ3v) is 4.35. The van der Waals surface area contributed by atoms with Crippen LogP contribution >= 0.6 is 0 Å². The second-order valence-electron chi connectivity index (χ2n) is 6.26. The molecule has 1 aromatic rings. The summed E-state index contributed by atoms with van der Waals surface area (Å²) in [4.78, 5) is 2.53. The van der Waals surface area contributed by atoms with Crippen molar-refractivity contribution >= 4 is 0 Å². The summed E-state index contributed by atoms with van der Waals surface area (Å²) in [7, 11) is 0. The lowest BCUT2D eigenvalue weighted by molar-refractivity contribution is 0.0816. The van der Waals surface area contributed by atoms with Crippen LogP contribution < -0.4 is 0 Å². The highest BCUT2D eigenvalue weighted by Gasteiger charge is 2.26. The molecule has 1 aliphatic rings. The van der Waals surface area contributed by atoms with Crippen LogP contribution in [-0.4, -0.2) is 36.2 Å². The van der Waals surface area contributed by atoms with Crippen molar-refractivity contribution in [2.24, 2.45) is 5.41 Å². The number of hydrogen-bond donors (Lipinski definition) is 1. The van der Waals surface area contributed by atoms with Gasteiger partial charge in [-0.1, -0.05) is 44.5 Å². The number of aliphatic hydroxyl groups excluding tert-OH is 1. The molecular weight excluding hydrogens is 234 g/mol. The van der Waals surface area contributed by atoms with Crippen LogP contribution in [0, 0.1) is 5.41 Å². The van der Waals surface area contributed by atoms with E-state index in [0.717, 1.165) is 45.3 Å². The molecule has 0 radical (unpaired) electrons. The highest BCUT2D eigenvalue weighted by Crippen LogP contribution is 2.25. The van der Waals surface area contributed by atoms with Crippen molar-refractivity contribution in [2.45, 2.75) is 39.5 Å². The maximum atomic E-state index is 9.66. The maximum absolute atomic E-state index is 9.66. The van der Waals surface area contributed by atoms with Crippen molar-refractivity contribution in [2.75, 3.05) is 26.2 Å². The molecule has 0 aliphatic carbocycles. The van der Waals surface area contributed by atoms with Crippen LogP contribution in [0.1, 0.15) is 37.8 Å². The highest BCUT2D eigenvalue weighted by molar-refractivity contribution is 5.28. The maximum Gasteiger partial charge on any atom is 0.0497 e. The van der Waals surface area contributed by atoms with E-state index in [9.17, 15) is 5.11 Å². The minimum atomic E-state index is 0.0608. The van der Waals surface area contributed by atoms with Crippen molar-refractivity contribution in [3.8, 4) is 0 Å². The number of hydrogen-bond acceptors (Lipinski definition) is 2. The molecule has 1 heterocycles. The fraction of sp³-hybridized carbons (Fsp3) is 0.647. The Morgan fingerprint density at radius 3 is 2.21 bits per heavy atom. The van der Waals surface area contributed by atoms with Gasteiger partial charge >= 0.3 is 0 Å². The van der Waals surface area contributed by atoms with Crippen molar-refractivity contribution in [3.05, 3.63) is 35.4 Å². The first kappa shape index (κ1) is 14.5. The summed E-state index contributed by atoms with van der Waals surface area (Å²) in [6.45, 7) is 7.98. The SMILES string of the molecule is CCCC(C)(CO)CN1CCc2ccccc2CC1. The van der Waals surface area contributed by atoms with Crippen LogP contribution in [-0.2, 0) is 12.8 Å². The zero-order chi connectivity index (χ0) is 13.7. The van der Waals surface area contributed by atoms with Gasteiger partial charge in [-0.3, -0.25) is 0 Å². The standard InChI is InChI=1S/C17H27NO/c1-3-10-17(2,14-19)13-18-11-8-15-6-4-5-7-16(15)9-12-18/h4-7,19H,3,8-14H2,1-2H3. The topological polar surface area (TPSA) is 23.5 Å². The fourth-order valence-electron chi connectivity index (χ4n) is 3.22. The van der Waals surface area contributed by atoms with E-state index in [0.29, 0.717) is 6.61 Å². The molecule has 1 aliphatic heterocycles. The second-order valence-corrected chi connectivity index (χ2v) is 6.26. The number of rotatable bonds is 5. The molecule has 0 amide bonds. The lowest BCUT2D eigenvalue weighted by atomic mass is 9.86. The molecule has 19 heavy (non-hydrogen) atoms. The Bertz CT molecular complexity index is 377. The van der Waals surface area contributed by atoms with E-state index in [1.807, 2.05) is 0 Å². The lowest BCUT2D eigenvalue weighted by Gasteiger charge is -2.33. The van der Waals surface area contributed by atoms with Gasteiger partial charge in [0.15, 0.2) is 0 Å². The Morgan fingerprint density at radius 2 is 1.74 bits per heavy atom. The molecule has 1 atom stereocenters. The molecule has 0 saturated heterocycles. The van der Waals surface area contributed by atoms with Crippen molar-refractivity contribution in [1.29, 1.82) is 0 Å². The Kier molecular flexibility index (Phi) is 5.00. The predicted molar refractivity (Wildman–Crippen MR) is 80.4 cm³/mol. The average molecular weight is 261 g/mol. The second kappa shape index (κ2) is 6.53. The molecule has 2 heteroatoms. The normalized spacial score (nSPS) is 19.5. The van der Waals surface area contributed by atoms with Gasteiger partial charge in [-0.15, -0.1) is 0 Å². The molecule has 106 valence electrons. The number of nitrogens with zero attached hydrogens (tertiary/aromatic N) is 1. The van der Waals surface area contributed by atoms with Crippen LogP contribution in [0.3, 0.4) is 0 Å². The molecule has 1 unspecified atom stereocenters. The van der Waals surface area contributed by atoms with Gasteiger partial charge < -0.3 is 10.0 Å². The number of benzene rings is 1. The summed E-state index contributed by atoms with van der Waals surface area (Å²) < 4.78 is 0. The van der Waals surface area contributed by atoms with E-state index >= 15 is 0 Å². The fourth-order valence-corrected chi connectivity index (χ4v) is 3.22. The molecule has 0 fully saturated rings. The van der Waals surface area contributed by atoms with E-state index in [1.165, 1.54) is 11.1 Å². The van der Waals surface area contributed by atoms with E-state index < -0.39 is 0 Å². The first-order chi connectivity index (χ1) is 9.17. The number of fused-ring (bicyclic) bond motifs is 1. The predicted octanol–water partition coefficient (Wildman–Crippen LogP) is 2.89. The molecule has 0 saturated carbocycles. The van der Waals surface area contributed by atoms with Crippen molar-refractivity contribution in [3.63, 3.8) is 0 Å². The molecule has 1 aromatic carbocycles. The van der Waals surface area contributed by atoms with Crippen molar-refractivity contribution < 1.29 is 5.11 Å². The highest BCUT2D eigenvalue weighted by atomic mass is 16.3. The average Bonchev–Trinajstić information content (AvgIpc) is 2.62. The summed E-state index contributed by atoms with van der Waals surface area (Å²) in [6.07, 6.45) is 4.53. The van der Waals surface area contributed by atoms with Crippen LogP contribution in [0.5, 0.6) is 0 Å². The summed E-state index contributed by atoms with van der Waals surface area (Å²) in [5.41, 5.74) is 3.07. The van der Waals surface area contributed by atoms with Crippen molar-refractivity contribution in [1.82, 2.24) is 4.90 Å². The van der Waals surface area contributed by atoms with Gasteiger partial charge in [0.05, 0.1) is 0 Å². The molecule has 0 aromatic heterocycles. The first-order valence-electron chi connectivity index (χ1n) is 7.57. The summed E-state index contributed by atoms with van der Waals surface area (Å²) in [5, 5.41) is 9.66. The van der Waals surface area contributed by atoms with Gasteiger partial charge in [0.1, 0.15) is 0 Å². The summed E-state index contributed by atoms with van der Waals surface area (Å²) in [5.74, 6) is 0. The van der Waals surface area contributed by atoms with Gasteiger partial charge in [0.2, 0.25) is 0 Å². The molecule has 2 rings (SSSR count). The zero-order valence-electron chi connectivity index (χ0n) is 12.4. The summed E-state index contributed by atoms with van der Waals surface area (Å²) >= 11 is 0. The summed E-state index contributed by atoms with van der Waals surface area (Å²) in [6, 6.07) is 8.80. The van der Waals surface area contributed by atoms with Gasteiger partial charge in [-0.05, 0) is 30.4 Å². The van der Waals surface area contributed by atoms with Gasteiger partial charge in [0, 0.05) is 31.7 Å². The Balaban J connectivity index is 1.98. The first-order valence-corrected chi connectivity index (χ1v) is 7.57. The minimum Gasteiger partial charge on any atom is -0.396 e. The largest absolute Gasteiger partial charge is 0.396 e. The zero-order valence-corrected chi connectivity index (χ0v) is 12.4. The third-order valence-electron chi connectivity index (χ3n) is 4.35. The van der Waals surface area contributed by atoms with Gasteiger partial charge in [0.25, 0.3) is 0 Å². The van der Waals surface area contributed by atoms with Crippen LogP contribution in [0.2, 0.25) is 0 Å². The molecular formula is C17H27NO. The number of aliphatic hydroxyl groups is 1. The quantitative estimate of drug-likeness (QED) is 0.881. The van der Waals surface area contributed by atoms with Crippen LogP contribution in [0.25, 0.3) is 0 Å². The van der Waals surface area contributed by atoms with E-state index in [1.54, 1.807) is 0 Å². The smallest absolute Gasteiger partial charge is 0.0497 e. The third kappa shape index (κ3) is 3.80. The van der Waals surface area contributed by atoms with Crippen LogP contribution in [0.4, 0.5) is 0 Å². The van der Waals surface area contributed by atoms with E-state index in [-0.39, 0.29) is 5.41 Å². The Hall–Kier alpha value is -0.860. The Labute approximate surface area is 117 Å². The molecule has 1 N–H and O–H groups in total. The monoisotopic (exact) mass is 261 g/mol. The molecule has 0 bridgehead atoms. The molecule has 2 nitrogen and oxygen atoms in total. The van der Waals surface area contributed by atoms with Gasteiger partial charge in [-0.25, -0.2) is 0 Å². The Morgan fingerprint density at radius 1 is 1.16 bits per heavy atom. The van der Waals surface area contributed by atoms with E-state index in [4.69, 9.17) is 0 Å². The van der Waals surface area contributed by atoms with Crippen LogP contribution in [0.15, 0.2) is 24.3 Å².